The number of hydrogen-bond acceptors (Lipinski definition) is 7. The zero-order valence-corrected chi connectivity index (χ0v) is 13.4. The van der Waals surface area contributed by atoms with Crippen molar-refractivity contribution in [3.63, 3.8) is 0 Å². The number of H-pyrrole nitrogens is 1. The first kappa shape index (κ1) is 16.6. The number of phenols is 3. The monoisotopic (exact) mass is 347 g/mol. The largest absolute Gasteiger partial charge is 0.504 e. The van der Waals surface area contributed by atoms with Crippen molar-refractivity contribution in [2.45, 2.75) is 19.9 Å². The van der Waals surface area contributed by atoms with Crippen molar-refractivity contribution < 1.29 is 29.6 Å². The number of benzene rings is 1. The lowest BCUT2D eigenvalue weighted by atomic mass is 10.0. The molecule has 0 spiro atoms. The third-order valence-electron chi connectivity index (χ3n) is 4.01. The highest BCUT2D eigenvalue weighted by Gasteiger charge is 2.29. The zero-order valence-electron chi connectivity index (χ0n) is 13.4. The Morgan fingerprint density at radius 3 is 2.60 bits per heavy atom. The van der Waals surface area contributed by atoms with Gasteiger partial charge in [-0.1, -0.05) is 0 Å². The Balaban J connectivity index is 1.86. The van der Waals surface area contributed by atoms with Gasteiger partial charge < -0.3 is 25.0 Å². The molecule has 0 saturated carbocycles. The highest BCUT2D eigenvalue weighted by Crippen LogP contribution is 2.36. The maximum atomic E-state index is 12.6. The number of fused-ring (bicyclic) bond motifs is 1. The van der Waals surface area contributed by atoms with Gasteiger partial charge in [-0.25, -0.2) is 4.79 Å². The van der Waals surface area contributed by atoms with Gasteiger partial charge in [0.25, 0.3) is 5.91 Å². The smallest absolute Gasteiger partial charge is 0.359 e. The number of aromatic hydroxyl groups is 3. The summed E-state index contributed by atoms with van der Waals surface area (Å²) in [4.78, 5) is 26.0. The van der Waals surface area contributed by atoms with Crippen molar-refractivity contribution in [1.82, 2.24) is 15.1 Å². The zero-order chi connectivity index (χ0) is 18.1. The van der Waals surface area contributed by atoms with Crippen LogP contribution in [0, 0.1) is 0 Å². The molecule has 0 aliphatic carbocycles. The Morgan fingerprint density at radius 1 is 1.28 bits per heavy atom. The molecular weight excluding hydrogens is 330 g/mol. The summed E-state index contributed by atoms with van der Waals surface area (Å²) in [5, 5.41) is 35.3. The lowest BCUT2D eigenvalue weighted by Gasteiger charge is -2.27. The van der Waals surface area contributed by atoms with E-state index >= 15 is 0 Å². The molecule has 3 rings (SSSR count). The van der Waals surface area contributed by atoms with E-state index in [9.17, 15) is 24.9 Å². The molecule has 0 atom stereocenters. The van der Waals surface area contributed by atoms with Gasteiger partial charge in [0, 0.05) is 29.8 Å². The summed E-state index contributed by atoms with van der Waals surface area (Å²) in [5.74, 6) is -2.87. The summed E-state index contributed by atoms with van der Waals surface area (Å²) in [6.07, 6.45) is 0.476. The maximum absolute atomic E-state index is 12.6. The lowest BCUT2D eigenvalue weighted by molar-refractivity contribution is 0.0513. The normalized spacial score (nSPS) is 13.4. The van der Waals surface area contributed by atoms with E-state index in [-0.39, 0.29) is 24.4 Å². The lowest BCUT2D eigenvalue weighted by Crippen LogP contribution is -2.36. The van der Waals surface area contributed by atoms with Gasteiger partial charge in [0.05, 0.1) is 13.2 Å². The number of amides is 1. The number of rotatable bonds is 3. The molecule has 9 nitrogen and oxygen atoms in total. The van der Waals surface area contributed by atoms with Crippen LogP contribution < -0.4 is 0 Å². The molecule has 0 unspecified atom stereocenters. The van der Waals surface area contributed by atoms with E-state index in [1.165, 1.54) is 4.90 Å². The van der Waals surface area contributed by atoms with E-state index < -0.39 is 29.1 Å². The Hall–Kier alpha value is -3.23. The minimum atomic E-state index is -0.683. The molecule has 0 bridgehead atoms. The number of aromatic amines is 1. The highest BCUT2D eigenvalue weighted by molar-refractivity contribution is 5.96. The van der Waals surface area contributed by atoms with Crippen molar-refractivity contribution >= 4 is 11.9 Å². The van der Waals surface area contributed by atoms with Crippen molar-refractivity contribution in [2.24, 2.45) is 0 Å². The van der Waals surface area contributed by atoms with Crippen LogP contribution in [0.5, 0.6) is 17.2 Å². The molecule has 1 amide bonds. The molecule has 132 valence electrons. The van der Waals surface area contributed by atoms with E-state index in [0.717, 1.165) is 17.8 Å². The molecule has 0 fully saturated rings. The van der Waals surface area contributed by atoms with Gasteiger partial charge >= 0.3 is 5.97 Å². The third kappa shape index (κ3) is 2.95. The van der Waals surface area contributed by atoms with Crippen LogP contribution in [0.4, 0.5) is 0 Å². The van der Waals surface area contributed by atoms with Crippen molar-refractivity contribution in [3.05, 3.63) is 34.6 Å². The van der Waals surface area contributed by atoms with E-state index in [2.05, 4.69) is 10.2 Å². The van der Waals surface area contributed by atoms with Gasteiger partial charge in [0.15, 0.2) is 22.9 Å². The van der Waals surface area contributed by atoms with E-state index in [1.807, 2.05) is 0 Å². The second kappa shape index (κ2) is 6.34. The molecule has 25 heavy (non-hydrogen) atoms. The van der Waals surface area contributed by atoms with Gasteiger partial charge in [0.2, 0.25) is 0 Å². The SMILES string of the molecule is CCOC(=O)c1n[nH]c2c1CN(C(=O)c1cc(O)c(O)c(O)c1)CC2. The summed E-state index contributed by atoms with van der Waals surface area (Å²) in [5.41, 5.74) is 1.52. The number of hydrogen-bond donors (Lipinski definition) is 4. The number of carbonyl (C=O) groups excluding carboxylic acids is 2. The predicted molar refractivity (Wildman–Crippen MR) is 84.4 cm³/mol. The minimum Gasteiger partial charge on any atom is -0.504 e. The molecule has 0 saturated heterocycles. The topological polar surface area (TPSA) is 136 Å². The number of nitrogens with zero attached hydrogens (tertiary/aromatic N) is 2. The van der Waals surface area contributed by atoms with Gasteiger partial charge in [0.1, 0.15) is 0 Å². The summed E-state index contributed by atoms with van der Waals surface area (Å²) in [6.45, 7) is 2.42. The fourth-order valence-electron chi connectivity index (χ4n) is 2.75. The first-order chi connectivity index (χ1) is 11.9. The quantitative estimate of drug-likeness (QED) is 0.478. The molecule has 1 aromatic carbocycles. The summed E-state index contributed by atoms with van der Waals surface area (Å²) in [7, 11) is 0. The van der Waals surface area contributed by atoms with Gasteiger partial charge in [-0.2, -0.15) is 5.10 Å². The minimum absolute atomic E-state index is 0.0254. The highest BCUT2D eigenvalue weighted by atomic mass is 16.5. The number of nitrogens with one attached hydrogen (secondary N) is 1. The standard InChI is InChI=1S/C16H17N3O6/c1-2-25-16(24)13-9-7-19(4-3-10(9)17-18-13)15(23)8-5-11(20)14(22)12(21)6-8/h5-6,20-22H,2-4,7H2,1H3,(H,17,18). The molecule has 1 aliphatic rings. The van der Waals surface area contributed by atoms with E-state index in [0.29, 0.717) is 18.5 Å². The third-order valence-corrected chi connectivity index (χ3v) is 4.01. The summed E-state index contributed by atoms with van der Waals surface area (Å²) in [6, 6.07) is 2.16. The van der Waals surface area contributed by atoms with E-state index in [1.54, 1.807) is 6.92 Å². The second-order valence-corrected chi connectivity index (χ2v) is 5.59. The molecule has 1 aliphatic heterocycles. The fraction of sp³-hybridized carbons (Fsp3) is 0.312. The average Bonchev–Trinajstić information content (AvgIpc) is 3.02. The van der Waals surface area contributed by atoms with Crippen LogP contribution in [0.25, 0.3) is 0 Å². The van der Waals surface area contributed by atoms with Crippen molar-refractivity contribution in [1.29, 1.82) is 0 Å². The number of esters is 1. The fourth-order valence-corrected chi connectivity index (χ4v) is 2.75. The second-order valence-electron chi connectivity index (χ2n) is 5.59. The maximum Gasteiger partial charge on any atom is 0.359 e. The van der Waals surface area contributed by atoms with Gasteiger partial charge in [-0.15, -0.1) is 0 Å². The molecule has 0 radical (unpaired) electrons. The molecule has 4 N–H and O–H groups in total. The summed E-state index contributed by atoms with van der Waals surface area (Å²) >= 11 is 0. The number of aromatic nitrogens is 2. The number of ether oxygens (including phenoxy) is 1. The van der Waals surface area contributed by atoms with Crippen LogP contribution >= 0.6 is 0 Å². The molecule has 1 aromatic heterocycles. The molecule has 2 heterocycles. The van der Waals surface area contributed by atoms with Gasteiger partial charge in [-0.05, 0) is 19.1 Å². The van der Waals surface area contributed by atoms with Crippen LogP contribution in [0.1, 0.15) is 39.0 Å². The Bertz CT molecular complexity index is 821. The van der Waals surface area contributed by atoms with Crippen LogP contribution in [0.15, 0.2) is 12.1 Å². The molecule has 9 heteroatoms. The first-order valence-electron chi connectivity index (χ1n) is 7.69. The van der Waals surface area contributed by atoms with Crippen LogP contribution in [0.3, 0.4) is 0 Å². The number of phenolic OH excluding ortho intramolecular Hbond substituents is 3. The predicted octanol–water partition coefficient (Wildman–Crippen LogP) is 0.902. The molecule has 2 aromatic rings. The number of carbonyl (C=O) groups is 2. The Kier molecular flexibility index (Phi) is 4.22. The first-order valence-corrected chi connectivity index (χ1v) is 7.69. The van der Waals surface area contributed by atoms with Crippen LogP contribution in [0.2, 0.25) is 0 Å². The van der Waals surface area contributed by atoms with E-state index in [4.69, 9.17) is 4.74 Å². The van der Waals surface area contributed by atoms with Gasteiger partial charge in [-0.3, -0.25) is 9.89 Å². The Morgan fingerprint density at radius 2 is 1.96 bits per heavy atom. The van der Waals surface area contributed by atoms with Crippen LogP contribution in [-0.2, 0) is 17.7 Å². The summed E-state index contributed by atoms with van der Waals surface area (Å²) < 4.78 is 4.96. The Labute approximate surface area is 142 Å². The van der Waals surface area contributed by atoms with Crippen molar-refractivity contribution in [3.8, 4) is 17.2 Å². The molecular formula is C16H17N3O6. The average molecular weight is 347 g/mol. The van der Waals surface area contributed by atoms with Crippen molar-refractivity contribution in [2.75, 3.05) is 13.2 Å². The van der Waals surface area contributed by atoms with Crippen LogP contribution in [-0.4, -0.2) is 55.4 Å².